The number of nitrogens with one attached hydrogen (secondary N) is 2. The number of thiophene rings is 1. The lowest BCUT2D eigenvalue weighted by Gasteiger charge is -2.27. The highest BCUT2D eigenvalue weighted by atomic mass is 32.1. The lowest BCUT2D eigenvalue weighted by atomic mass is 9.85. The van der Waals surface area contributed by atoms with Gasteiger partial charge in [0.05, 0.1) is 6.61 Å². The molecule has 4 rings (SSSR count). The third-order valence-electron chi connectivity index (χ3n) is 6.16. The van der Waals surface area contributed by atoms with Gasteiger partial charge in [0.25, 0.3) is 0 Å². The van der Waals surface area contributed by atoms with E-state index in [1.165, 1.54) is 16.0 Å². The number of rotatable bonds is 11. The van der Waals surface area contributed by atoms with Crippen LogP contribution in [0.15, 0.2) is 66.0 Å². The Morgan fingerprint density at radius 1 is 1.03 bits per heavy atom. The fourth-order valence-corrected chi connectivity index (χ4v) is 5.24. The molecule has 1 aliphatic carbocycles. The molecule has 3 aromatic rings. The van der Waals surface area contributed by atoms with Crippen LogP contribution in [0.5, 0.6) is 5.75 Å². The summed E-state index contributed by atoms with van der Waals surface area (Å²) in [4.78, 5) is 1.25. The summed E-state index contributed by atoms with van der Waals surface area (Å²) < 4.78 is 6.50. The van der Waals surface area contributed by atoms with Crippen molar-refractivity contribution in [2.75, 3.05) is 26.7 Å². The molecule has 2 aromatic carbocycles. The third kappa shape index (κ3) is 5.36. The molecule has 1 aliphatic rings. The average molecular weight is 437 g/mol. The molecule has 0 amide bonds. The summed E-state index contributed by atoms with van der Waals surface area (Å²) in [5.74, 6) is 0.928. The minimum atomic E-state index is -0.119. The zero-order chi connectivity index (χ0) is 21.5. The van der Waals surface area contributed by atoms with Crippen molar-refractivity contribution in [2.45, 2.75) is 31.9 Å². The van der Waals surface area contributed by atoms with Gasteiger partial charge in [-0.25, -0.2) is 0 Å². The minimum Gasteiger partial charge on any atom is -0.485 e. The van der Waals surface area contributed by atoms with Gasteiger partial charge in [-0.15, -0.1) is 11.3 Å². The Labute approximate surface area is 189 Å². The SMILES string of the molecule is CNCCC(Oc1ccccc1CNCC1(CO)Cc2ccccc2C1)c1cccs1. The van der Waals surface area contributed by atoms with E-state index in [1.807, 2.05) is 13.1 Å². The maximum Gasteiger partial charge on any atom is 0.134 e. The molecule has 0 radical (unpaired) electrons. The van der Waals surface area contributed by atoms with E-state index in [4.69, 9.17) is 4.74 Å². The van der Waals surface area contributed by atoms with Crippen molar-refractivity contribution in [1.29, 1.82) is 0 Å². The van der Waals surface area contributed by atoms with Crippen LogP contribution in [0.25, 0.3) is 0 Å². The first-order valence-corrected chi connectivity index (χ1v) is 11.9. The first-order valence-electron chi connectivity index (χ1n) is 11.0. The standard InChI is InChI=1S/C26H32N2O2S/c1-27-13-12-24(25-11-6-14-31-25)30-23-10-5-4-9-22(23)17-28-18-26(19-29)15-20-7-2-3-8-21(20)16-26/h2-11,14,24,27-29H,12-13,15-19H2,1H3. The topological polar surface area (TPSA) is 53.5 Å². The van der Waals surface area contributed by atoms with E-state index < -0.39 is 0 Å². The van der Waals surface area contributed by atoms with Crippen molar-refractivity contribution in [3.63, 3.8) is 0 Å². The summed E-state index contributed by atoms with van der Waals surface area (Å²) in [5.41, 5.74) is 3.76. The van der Waals surface area contributed by atoms with Gasteiger partial charge in [-0.05, 0) is 55.1 Å². The lowest BCUT2D eigenvalue weighted by molar-refractivity contribution is 0.131. The predicted molar refractivity (Wildman–Crippen MR) is 128 cm³/mol. The molecule has 0 saturated heterocycles. The third-order valence-corrected chi connectivity index (χ3v) is 7.12. The predicted octanol–water partition coefficient (Wildman–Crippen LogP) is 4.34. The number of hydrogen-bond donors (Lipinski definition) is 3. The molecule has 5 heteroatoms. The van der Waals surface area contributed by atoms with Crippen LogP contribution >= 0.6 is 11.3 Å². The summed E-state index contributed by atoms with van der Waals surface area (Å²) in [6.45, 7) is 2.60. The van der Waals surface area contributed by atoms with E-state index in [-0.39, 0.29) is 18.1 Å². The Balaban J connectivity index is 1.41. The van der Waals surface area contributed by atoms with Gasteiger partial charge in [-0.1, -0.05) is 48.5 Å². The second-order valence-electron chi connectivity index (χ2n) is 8.51. The highest BCUT2D eigenvalue weighted by Crippen LogP contribution is 2.36. The normalized spacial score (nSPS) is 15.5. The molecule has 31 heavy (non-hydrogen) atoms. The van der Waals surface area contributed by atoms with Crippen molar-refractivity contribution in [2.24, 2.45) is 5.41 Å². The Morgan fingerprint density at radius 3 is 2.45 bits per heavy atom. The Kier molecular flexibility index (Phi) is 7.41. The molecule has 1 aromatic heterocycles. The maximum absolute atomic E-state index is 10.2. The molecule has 0 saturated carbocycles. The van der Waals surface area contributed by atoms with Crippen LogP contribution < -0.4 is 15.4 Å². The van der Waals surface area contributed by atoms with Gasteiger partial charge >= 0.3 is 0 Å². The molecule has 0 spiro atoms. The fourth-order valence-electron chi connectivity index (χ4n) is 4.46. The maximum atomic E-state index is 10.2. The van der Waals surface area contributed by atoms with Crippen LogP contribution in [-0.2, 0) is 19.4 Å². The summed E-state index contributed by atoms with van der Waals surface area (Å²) in [6, 6.07) is 21.1. The van der Waals surface area contributed by atoms with E-state index in [2.05, 4.69) is 70.6 Å². The number of aliphatic hydroxyl groups is 1. The Morgan fingerprint density at radius 2 is 1.77 bits per heavy atom. The van der Waals surface area contributed by atoms with Crippen LogP contribution in [0.3, 0.4) is 0 Å². The first kappa shape index (κ1) is 22.0. The van der Waals surface area contributed by atoms with Crippen LogP contribution in [0.1, 0.15) is 34.1 Å². The Hall–Kier alpha value is -2.18. The molecule has 1 heterocycles. The average Bonchev–Trinajstić information content (AvgIpc) is 3.46. The molecule has 0 fully saturated rings. The molecular weight excluding hydrogens is 404 g/mol. The minimum absolute atomic E-state index is 0.0433. The van der Waals surface area contributed by atoms with Gasteiger partial charge in [-0.2, -0.15) is 0 Å². The van der Waals surface area contributed by atoms with E-state index >= 15 is 0 Å². The highest BCUT2D eigenvalue weighted by Gasteiger charge is 2.36. The van der Waals surface area contributed by atoms with Gasteiger partial charge < -0.3 is 20.5 Å². The largest absolute Gasteiger partial charge is 0.485 e. The summed E-state index contributed by atoms with van der Waals surface area (Å²) in [7, 11) is 1.97. The molecule has 4 nitrogen and oxygen atoms in total. The van der Waals surface area contributed by atoms with E-state index in [1.54, 1.807) is 11.3 Å². The zero-order valence-electron chi connectivity index (χ0n) is 18.1. The van der Waals surface area contributed by atoms with Crippen LogP contribution in [0.2, 0.25) is 0 Å². The van der Waals surface area contributed by atoms with Gasteiger partial charge in [0, 0.05) is 35.4 Å². The smallest absolute Gasteiger partial charge is 0.134 e. The van der Waals surface area contributed by atoms with Crippen molar-refractivity contribution in [3.8, 4) is 5.75 Å². The Bertz CT molecular complexity index is 933. The van der Waals surface area contributed by atoms with Crippen LogP contribution in [0, 0.1) is 5.41 Å². The van der Waals surface area contributed by atoms with Crippen molar-refractivity contribution in [1.82, 2.24) is 10.6 Å². The number of aliphatic hydroxyl groups excluding tert-OH is 1. The molecule has 3 N–H and O–H groups in total. The molecule has 164 valence electrons. The number of benzene rings is 2. The van der Waals surface area contributed by atoms with Crippen molar-refractivity contribution >= 4 is 11.3 Å². The number of hydrogen-bond acceptors (Lipinski definition) is 5. The van der Waals surface area contributed by atoms with Crippen LogP contribution in [0.4, 0.5) is 0 Å². The van der Waals surface area contributed by atoms with E-state index in [0.717, 1.165) is 50.2 Å². The monoisotopic (exact) mass is 436 g/mol. The molecule has 1 atom stereocenters. The zero-order valence-corrected chi connectivity index (χ0v) is 19.0. The van der Waals surface area contributed by atoms with Gasteiger partial charge in [0.1, 0.15) is 11.9 Å². The second kappa shape index (κ2) is 10.4. The fraction of sp³-hybridized carbons (Fsp3) is 0.385. The van der Waals surface area contributed by atoms with Gasteiger partial charge in [0.2, 0.25) is 0 Å². The summed E-state index contributed by atoms with van der Waals surface area (Å²) >= 11 is 1.74. The van der Waals surface area contributed by atoms with Gasteiger partial charge in [-0.3, -0.25) is 0 Å². The van der Waals surface area contributed by atoms with E-state index in [0.29, 0.717) is 0 Å². The van der Waals surface area contributed by atoms with E-state index in [9.17, 15) is 5.11 Å². The van der Waals surface area contributed by atoms with Crippen molar-refractivity contribution < 1.29 is 9.84 Å². The quantitative estimate of drug-likeness (QED) is 0.418. The summed E-state index contributed by atoms with van der Waals surface area (Å²) in [6.07, 6.45) is 2.82. The highest BCUT2D eigenvalue weighted by molar-refractivity contribution is 7.10. The number of para-hydroxylation sites is 1. The molecule has 1 unspecified atom stereocenters. The molecule has 0 aliphatic heterocycles. The number of fused-ring (bicyclic) bond motifs is 1. The summed E-state index contributed by atoms with van der Waals surface area (Å²) in [5, 5.41) is 19.1. The van der Waals surface area contributed by atoms with Crippen molar-refractivity contribution in [3.05, 3.63) is 87.6 Å². The first-order chi connectivity index (χ1) is 15.2. The number of ether oxygens (including phenoxy) is 1. The second-order valence-corrected chi connectivity index (χ2v) is 9.49. The molecule has 0 bridgehead atoms. The van der Waals surface area contributed by atoms with Crippen LogP contribution in [-0.4, -0.2) is 31.9 Å². The van der Waals surface area contributed by atoms with Gasteiger partial charge in [0.15, 0.2) is 0 Å². The molecular formula is C26H32N2O2S. The lowest BCUT2D eigenvalue weighted by Crippen LogP contribution is -2.38.